The molecule has 21 heavy (non-hydrogen) atoms. The van der Waals surface area contributed by atoms with Crippen LogP contribution in [0, 0.1) is 6.92 Å². The molecule has 0 aromatic heterocycles. The summed E-state index contributed by atoms with van der Waals surface area (Å²) in [6.45, 7) is 2.00. The Labute approximate surface area is 133 Å². The Morgan fingerprint density at radius 2 is 1.71 bits per heavy atom. The van der Waals surface area contributed by atoms with Crippen LogP contribution >= 0.6 is 15.9 Å². The summed E-state index contributed by atoms with van der Waals surface area (Å²) in [6, 6.07) is 13.2. The Kier molecular flexibility index (Phi) is 4.85. The molecule has 0 saturated heterocycles. The normalized spacial score (nSPS) is 10.1. The molecule has 0 unspecified atom stereocenters. The van der Waals surface area contributed by atoms with Gasteiger partial charge in [0, 0.05) is 29.9 Å². The van der Waals surface area contributed by atoms with Gasteiger partial charge >= 0.3 is 6.03 Å². The maximum absolute atomic E-state index is 12.0. The SMILES string of the molecule is Cc1ccc(NC(=O)Nc2ccc(N(C)C)cc2)c(Br)c1. The summed E-state index contributed by atoms with van der Waals surface area (Å²) >= 11 is 3.44. The number of carbonyl (C=O) groups excluding carboxylic acids is 1. The number of carbonyl (C=O) groups is 1. The molecule has 2 amide bonds. The second-order valence-corrected chi connectivity index (χ2v) is 5.86. The number of anilines is 3. The third kappa shape index (κ3) is 4.23. The summed E-state index contributed by atoms with van der Waals surface area (Å²) < 4.78 is 0.862. The van der Waals surface area contributed by atoms with Gasteiger partial charge in [-0.25, -0.2) is 4.79 Å². The molecule has 0 aliphatic heterocycles. The highest BCUT2D eigenvalue weighted by Gasteiger charge is 2.06. The fourth-order valence-electron chi connectivity index (χ4n) is 1.85. The van der Waals surface area contributed by atoms with Crippen molar-refractivity contribution < 1.29 is 4.79 Å². The monoisotopic (exact) mass is 347 g/mol. The number of hydrogen-bond donors (Lipinski definition) is 2. The molecule has 110 valence electrons. The Hall–Kier alpha value is -2.01. The Balaban J connectivity index is 2.01. The van der Waals surface area contributed by atoms with Crippen LogP contribution in [0.4, 0.5) is 21.9 Å². The zero-order valence-corrected chi connectivity index (χ0v) is 13.9. The molecular weight excluding hydrogens is 330 g/mol. The van der Waals surface area contributed by atoms with E-state index in [0.29, 0.717) is 0 Å². The standard InChI is InChI=1S/C16H18BrN3O/c1-11-4-9-15(14(17)10-11)19-16(21)18-12-5-7-13(8-6-12)20(2)3/h4-10H,1-3H3,(H2,18,19,21). The molecular formula is C16H18BrN3O. The van der Waals surface area contributed by atoms with Crippen molar-refractivity contribution in [3.8, 4) is 0 Å². The van der Waals surface area contributed by atoms with Gasteiger partial charge in [0.15, 0.2) is 0 Å². The summed E-state index contributed by atoms with van der Waals surface area (Å²) in [4.78, 5) is 14.0. The second kappa shape index (κ2) is 6.63. The number of benzene rings is 2. The summed E-state index contributed by atoms with van der Waals surface area (Å²) in [5.41, 5.74) is 3.71. The van der Waals surface area contributed by atoms with Crippen LogP contribution in [0.2, 0.25) is 0 Å². The van der Waals surface area contributed by atoms with Crippen molar-refractivity contribution in [2.75, 3.05) is 29.6 Å². The van der Waals surface area contributed by atoms with E-state index in [1.54, 1.807) is 0 Å². The number of nitrogens with one attached hydrogen (secondary N) is 2. The van der Waals surface area contributed by atoms with E-state index in [-0.39, 0.29) is 6.03 Å². The molecule has 0 saturated carbocycles. The van der Waals surface area contributed by atoms with Gasteiger partial charge < -0.3 is 15.5 Å². The van der Waals surface area contributed by atoms with Gasteiger partial charge in [0.25, 0.3) is 0 Å². The lowest BCUT2D eigenvalue weighted by Crippen LogP contribution is -2.19. The van der Waals surface area contributed by atoms with E-state index in [2.05, 4.69) is 26.6 Å². The molecule has 0 aliphatic carbocycles. The van der Waals surface area contributed by atoms with Crippen molar-refractivity contribution in [2.45, 2.75) is 6.92 Å². The van der Waals surface area contributed by atoms with Gasteiger partial charge in [0.1, 0.15) is 0 Å². The van der Waals surface area contributed by atoms with Crippen molar-refractivity contribution in [3.63, 3.8) is 0 Å². The van der Waals surface area contributed by atoms with Crippen LogP contribution < -0.4 is 15.5 Å². The lowest BCUT2D eigenvalue weighted by Gasteiger charge is -2.13. The summed E-state index contributed by atoms with van der Waals surface area (Å²) in [5, 5.41) is 5.62. The van der Waals surface area contributed by atoms with Gasteiger partial charge in [-0.05, 0) is 64.8 Å². The van der Waals surface area contributed by atoms with Gasteiger partial charge in [0.05, 0.1) is 5.69 Å². The molecule has 2 rings (SSSR count). The molecule has 2 N–H and O–H groups in total. The van der Waals surface area contributed by atoms with Gasteiger partial charge in [-0.3, -0.25) is 0 Å². The highest BCUT2D eigenvalue weighted by Crippen LogP contribution is 2.23. The van der Waals surface area contributed by atoms with Crippen molar-refractivity contribution in [2.24, 2.45) is 0 Å². The molecule has 0 fully saturated rings. The van der Waals surface area contributed by atoms with E-state index in [1.807, 2.05) is 68.4 Å². The highest BCUT2D eigenvalue weighted by atomic mass is 79.9. The van der Waals surface area contributed by atoms with Crippen LogP contribution in [0.25, 0.3) is 0 Å². The number of rotatable bonds is 3. The molecule has 0 spiro atoms. The van der Waals surface area contributed by atoms with Crippen LogP contribution in [0.3, 0.4) is 0 Å². The smallest absolute Gasteiger partial charge is 0.323 e. The molecule has 2 aromatic carbocycles. The fraction of sp³-hybridized carbons (Fsp3) is 0.188. The van der Waals surface area contributed by atoms with E-state index in [9.17, 15) is 4.79 Å². The van der Waals surface area contributed by atoms with E-state index in [4.69, 9.17) is 0 Å². The van der Waals surface area contributed by atoms with Crippen LogP contribution in [-0.4, -0.2) is 20.1 Å². The summed E-state index contributed by atoms with van der Waals surface area (Å²) in [7, 11) is 3.95. The Morgan fingerprint density at radius 1 is 1.05 bits per heavy atom. The third-order valence-electron chi connectivity index (χ3n) is 3.01. The van der Waals surface area contributed by atoms with Gasteiger partial charge in [-0.1, -0.05) is 6.07 Å². The minimum Gasteiger partial charge on any atom is -0.378 e. The third-order valence-corrected chi connectivity index (χ3v) is 3.67. The molecule has 0 bridgehead atoms. The number of aryl methyl sites for hydroxylation is 1. The van der Waals surface area contributed by atoms with Crippen LogP contribution in [0.15, 0.2) is 46.9 Å². The van der Waals surface area contributed by atoms with E-state index < -0.39 is 0 Å². The second-order valence-electron chi connectivity index (χ2n) is 5.00. The maximum atomic E-state index is 12.0. The van der Waals surface area contributed by atoms with Gasteiger partial charge in [-0.15, -0.1) is 0 Å². The molecule has 2 aromatic rings. The van der Waals surface area contributed by atoms with E-state index >= 15 is 0 Å². The number of amides is 2. The predicted molar refractivity (Wildman–Crippen MR) is 92.3 cm³/mol. The minimum absolute atomic E-state index is 0.267. The zero-order chi connectivity index (χ0) is 15.4. The van der Waals surface area contributed by atoms with Crippen molar-refractivity contribution in [3.05, 3.63) is 52.5 Å². The fourth-order valence-corrected chi connectivity index (χ4v) is 2.44. The molecule has 4 nitrogen and oxygen atoms in total. The van der Waals surface area contributed by atoms with Crippen molar-refractivity contribution >= 4 is 39.0 Å². The largest absolute Gasteiger partial charge is 0.378 e. The Morgan fingerprint density at radius 3 is 2.29 bits per heavy atom. The average Bonchev–Trinajstić information content (AvgIpc) is 2.42. The van der Waals surface area contributed by atoms with Crippen LogP contribution in [0.1, 0.15) is 5.56 Å². The predicted octanol–water partition coefficient (Wildman–Crippen LogP) is 4.47. The first kappa shape index (κ1) is 15.4. The molecule has 0 heterocycles. The summed E-state index contributed by atoms with van der Waals surface area (Å²) in [5.74, 6) is 0. The first-order valence-electron chi connectivity index (χ1n) is 6.57. The van der Waals surface area contributed by atoms with E-state index in [0.717, 1.165) is 27.1 Å². The first-order chi connectivity index (χ1) is 9.95. The first-order valence-corrected chi connectivity index (χ1v) is 7.36. The molecule has 5 heteroatoms. The van der Waals surface area contributed by atoms with Gasteiger partial charge in [0.2, 0.25) is 0 Å². The number of hydrogen-bond acceptors (Lipinski definition) is 2. The summed E-state index contributed by atoms with van der Waals surface area (Å²) in [6.07, 6.45) is 0. The molecule has 0 atom stereocenters. The zero-order valence-electron chi connectivity index (χ0n) is 12.3. The Bertz CT molecular complexity index is 638. The minimum atomic E-state index is -0.267. The number of urea groups is 1. The molecule has 0 aliphatic rings. The van der Waals surface area contributed by atoms with Crippen LogP contribution in [-0.2, 0) is 0 Å². The molecule has 0 radical (unpaired) electrons. The quantitative estimate of drug-likeness (QED) is 0.860. The van der Waals surface area contributed by atoms with Crippen LogP contribution in [0.5, 0.6) is 0 Å². The highest BCUT2D eigenvalue weighted by molar-refractivity contribution is 9.10. The van der Waals surface area contributed by atoms with Crippen molar-refractivity contribution in [1.29, 1.82) is 0 Å². The lowest BCUT2D eigenvalue weighted by atomic mass is 10.2. The average molecular weight is 348 g/mol. The lowest BCUT2D eigenvalue weighted by molar-refractivity contribution is 0.262. The topological polar surface area (TPSA) is 44.4 Å². The number of nitrogens with zero attached hydrogens (tertiary/aromatic N) is 1. The maximum Gasteiger partial charge on any atom is 0.323 e. The van der Waals surface area contributed by atoms with Crippen molar-refractivity contribution in [1.82, 2.24) is 0 Å². The number of halogens is 1. The van der Waals surface area contributed by atoms with E-state index in [1.165, 1.54) is 0 Å². The van der Waals surface area contributed by atoms with Gasteiger partial charge in [-0.2, -0.15) is 0 Å².